The number of aromatic amines is 1. The second-order valence-corrected chi connectivity index (χ2v) is 6.18. The predicted molar refractivity (Wildman–Crippen MR) is 92.4 cm³/mol. The van der Waals surface area contributed by atoms with Crippen molar-refractivity contribution in [1.29, 1.82) is 0 Å². The smallest absolute Gasteiger partial charge is 0.206 e. The summed E-state index contributed by atoms with van der Waals surface area (Å²) >= 11 is 1.70. The van der Waals surface area contributed by atoms with Gasteiger partial charge in [-0.1, -0.05) is 23.9 Å². The molecule has 8 heteroatoms. The highest BCUT2D eigenvalue weighted by Crippen LogP contribution is 2.27. The zero-order valence-electron chi connectivity index (χ0n) is 13.0. The Kier molecular flexibility index (Phi) is 3.96. The van der Waals surface area contributed by atoms with E-state index in [9.17, 15) is 0 Å². The summed E-state index contributed by atoms with van der Waals surface area (Å²) in [5.41, 5.74) is 4.14. The predicted octanol–water partition coefficient (Wildman–Crippen LogP) is 2.92. The average molecular weight is 337 g/mol. The summed E-state index contributed by atoms with van der Waals surface area (Å²) in [7, 11) is 0. The molecule has 0 aliphatic heterocycles. The van der Waals surface area contributed by atoms with Crippen molar-refractivity contribution in [2.75, 3.05) is 0 Å². The van der Waals surface area contributed by atoms with Crippen molar-refractivity contribution in [2.24, 2.45) is 0 Å². The van der Waals surface area contributed by atoms with Crippen LogP contribution < -0.4 is 0 Å². The van der Waals surface area contributed by atoms with Gasteiger partial charge < -0.3 is 4.57 Å². The molecule has 4 aromatic rings. The van der Waals surface area contributed by atoms with Crippen molar-refractivity contribution in [2.45, 2.75) is 24.4 Å². The van der Waals surface area contributed by atoms with Crippen LogP contribution in [0.2, 0.25) is 0 Å². The van der Waals surface area contributed by atoms with Gasteiger partial charge in [0.25, 0.3) is 0 Å². The van der Waals surface area contributed by atoms with E-state index in [0.717, 1.165) is 34.1 Å². The number of aromatic nitrogens is 7. The van der Waals surface area contributed by atoms with Gasteiger partial charge >= 0.3 is 0 Å². The van der Waals surface area contributed by atoms with Crippen molar-refractivity contribution in [3.05, 3.63) is 48.3 Å². The number of para-hydroxylation sites is 2. The lowest BCUT2D eigenvalue weighted by atomic mass is 10.2. The van der Waals surface area contributed by atoms with Crippen molar-refractivity contribution >= 4 is 22.8 Å². The van der Waals surface area contributed by atoms with Crippen LogP contribution >= 0.6 is 11.8 Å². The third-order valence-corrected chi connectivity index (χ3v) is 4.75. The molecular weight excluding hydrogens is 322 g/mol. The minimum atomic E-state index is 0.551. The molecule has 7 nitrogen and oxygen atoms in total. The lowest BCUT2D eigenvalue weighted by Crippen LogP contribution is -1.96. The second kappa shape index (κ2) is 6.40. The SMILES string of the molecule is CCn1c(SCc2cncc(-c3nn[nH]n3)c2)nc2ccccc21. The Morgan fingerprint density at radius 2 is 2.12 bits per heavy atom. The van der Waals surface area contributed by atoms with E-state index in [1.165, 1.54) is 5.52 Å². The number of tetrazole rings is 1. The summed E-state index contributed by atoms with van der Waals surface area (Å²) in [5, 5.41) is 15.0. The maximum absolute atomic E-state index is 4.74. The van der Waals surface area contributed by atoms with E-state index in [1.807, 2.05) is 30.5 Å². The number of nitrogens with one attached hydrogen (secondary N) is 1. The Morgan fingerprint density at radius 1 is 1.21 bits per heavy atom. The van der Waals surface area contributed by atoms with Crippen molar-refractivity contribution in [3.8, 4) is 11.4 Å². The first kappa shape index (κ1) is 14.8. The van der Waals surface area contributed by atoms with E-state index < -0.39 is 0 Å². The summed E-state index contributed by atoms with van der Waals surface area (Å²) in [6, 6.07) is 10.2. The molecule has 0 aliphatic carbocycles. The van der Waals surface area contributed by atoms with Gasteiger partial charge in [-0.25, -0.2) is 4.98 Å². The van der Waals surface area contributed by atoms with Gasteiger partial charge in [0.05, 0.1) is 11.0 Å². The molecule has 3 heterocycles. The molecule has 0 aliphatic rings. The number of fused-ring (bicyclic) bond motifs is 1. The zero-order valence-corrected chi connectivity index (χ0v) is 13.9. The van der Waals surface area contributed by atoms with Gasteiger partial charge in [-0.05, 0) is 35.9 Å². The highest BCUT2D eigenvalue weighted by atomic mass is 32.2. The summed E-state index contributed by atoms with van der Waals surface area (Å²) in [4.78, 5) is 9.01. The first-order valence-corrected chi connectivity index (χ1v) is 8.59. The fraction of sp³-hybridized carbons (Fsp3) is 0.188. The number of benzene rings is 1. The van der Waals surface area contributed by atoms with Crippen LogP contribution in [0.25, 0.3) is 22.4 Å². The van der Waals surface area contributed by atoms with E-state index in [-0.39, 0.29) is 0 Å². The monoisotopic (exact) mass is 337 g/mol. The Hall–Kier alpha value is -2.74. The fourth-order valence-corrected chi connectivity index (χ4v) is 3.59. The number of thioether (sulfide) groups is 1. The van der Waals surface area contributed by atoms with E-state index >= 15 is 0 Å². The van der Waals surface area contributed by atoms with Crippen LogP contribution in [-0.2, 0) is 12.3 Å². The maximum atomic E-state index is 4.74. The minimum Gasteiger partial charge on any atom is -0.319 e. The Bertz CT molecular complexity index is 962. The molecule has 120 valence electrons. The number of nitrogens with zero attached hydrogens (tertiary/aromatic N) is 6. The van der Waals surface area contributed by atoms with Crippen LogP contribution in [0.15, 0.2) is 47.9 Å². The topological polar surface area (TPSA) is 85.2 Å². The highest BCUT2D eigenvalue weighted by molar-refractivity contribution is 7.98. The van der Waals surface area contributed by atoms with Crippen molar-refractivity contribution in [3.63, 3.8) is 0 Å². The molecule has 0 saturated carbocycles. The molecule has 0 amide bonds. The quantitative estimate of drug-likeness (QED) is 0.564. The number of rotatable bonds is 5. The first-order chi connectivity index (χ1) is 11.8. The van der Waals surface area contributed by atoms with Crippen LogP contribution in [0.1, 0.15) is 12.5 Å². The number of aryl methyl sites for hydroxylation is 1. The number of pyridine rings is 1. The van der Waals surface area contributed by atoms with Gasteiger partial charge in [0, 0.05) is 30.3 Å². The van der Waals surface area contributed by atoms with Crippen molar-refractivity contribution < 1.29 is 0 Å². The van der Waals surface area contributed by atoms with E-state index in [1.54, 1.807) is 18.0 Å². The Labute approximate surface area is 142 Å². The molecule has 0 saturated heterocycles. The van der Waals surface area contributed by atoms with Crippen LogP contribution in [-0.4, -0.2) is 35.2 Å². The summed E-state index contributed by atoms with van der Waals surface area (Å²) in [6.45, 7) is 3.03. The molecule has 0 atom stereocenters. The van der Waals surface area contributed by atoms with Crippen LogP contribution in [0.3, 0.4) is 0 Å². The van der Waals surface area contributed by atoms with Crippen LogP contribution in [0.5, 0.6) is 0 Å². The van der Waals surface area contributed by atoms with Gasteiger partial charge in [-0.3, -0.25) is 4.98 Å². The molecule has 0 spiro atoms. The van der Waals surface area contributed by atoms with E-state index in [4.69, 9.17) is 4.98 Å². The largest absolute Gasteiger partial charge is 0.319 e. The van der Waals surface area contributed by atoms with Gasteiger partial charge in [0.2, 0.25) is 5.82 Å². The Morgan fingerprint density at radius 3 is 2.96 bits per heavy atom. The van der Waals surface area contributed by atoms with Crippen LogP contribution in [0.4, 0.5) is 0 Å². The van der Waals surface area contributed by atoms with Gasteiger partial charge in [-0.15, -0.1) is 10.2 Å². The number of imidazole rings is 1. The third kappa shape index (κ3) is 2.76. The Balaban J connectivity index is 1.58. The molecular formula is C16H15N7S. The standard InChI is InChI=1S/C16H15N7S/c1-2-23-14-6-4-3-5-13(14)18-16(23)24-10-11-7-12(9-17-8-11)15-19-21-22-20-15/h3-9H,2,10H2,1H3,(H,19,20,21,22). The van der Waals surface area contributed by atoms with E-state index in [2.05, 4.69) is 43.2 Å². The molecule has 24 heavy (non-hydrogen) atoms. The second-order valence-electron chi connectivity index (χ2n) is 5.23. The summed E-state index contributed by atoms with van der Waals surface area (Å²) < 4.78 is 2.23. The molecule has 0 fully saturated rings. The van der Waals surface area contributed by atoms with E-state index in [0.29, 0.717) is 5.82 Å². The number of H-pyrrole nitrogens is 1. The normalized spacial score (nSPS) is 11.2. The van der Waals surface area contributed by atoms with Gasteiger partial charge in [0.15, 0.2) is 5.16 Å². The highest BCUT2D eigenvalue weighted by Gasteiger charge is 2.10. The lowest BCUT2D eigenvalue weighted by Gasteiger charge is -2.06. The maximum Gasteiger partial charge on any atom is 0.206 e. The molecule has 4 rings (SSSR count). The molecule has 1 aromatic carbocycles. The van der Waals surface area contributed by atoms with Gasteiger partial charge in [-0.2, -0.15) is 5.21 Å². The minimum absolute atomic E-state index is 0.551. The lowest BCUT2D eigenvalue weighted by molar-refractivity contribution is 0.702. The van der Waals surface area contributed by atoms with Gasteiger partial charge in [0.1, 0.15) is 0 Å². The summed E-state index contributed by atoms with van der Waals surface area (Å²) in [5.74, 6) is 1.33. The summed E-state index contributed by atoms with van der Waals surface area (Å²) in [6.07, 6.45) is 3.59. The number of hydrogen-bond donors (Lipinski definition) is 1. The third-order valence-electron chi connectivity index (χ3n) is 3.70. The molecule has 0 radical (unpaired) electrons. The zero-order chi connectivity index (χ0) is 16.4. The van der Waals surface area contributed by atoms with Crippen LogP contribution in [0, 0.1) is 0 Å². The van der Waals surface area contributed by atoms with Crippen molar-refractivity contribution in [1.82, 2.24) is 35.2 Å². The molecule has 0 bridgehead atoms. The average Bonchev–Trinajstić information content (AvgIpc) is 3.27. The molecule has 1 N–H and O–H groups in total. The first-order valence-electron chi connectivity index (χ1n) is 7.61. The molecule has 3 aromatic heterocycles. The fourth-order valence-electron chi connectivity index (χ4n) is 2.59. The molecule has 0 unspecified atom stereocenters. The number of hydrogen-bond acceptors (Lipinski definition) is 6.